The third kappa shape index (κ3) is 4.44. The van der Waals surface area contributed by atoms with Gasteiger partial charge in [-0.3, -0.25) is 4.98 Å². The van der Waals surface area contributed by atoms with E-state index in [2.05, 4.69) is 33.5 Å². The van der Waals surface area contributed by atoms with E-state index in [-0.39, 0.29) is 5.82 Å². The lowest BCUT2D eigenvalue weighted by Gasteiger charge is -2.30. The molecule has 1 aromatic heterocycles. The predicted octanol–water partition coefficient (Wildman–Crippen LogP) is 5.37. The summed E-state index contributed by atoms with van der Waals surface area (Å²) < 4.78 is 15.1. The number of allylic oxidation sites excluding steroid dienone is 3. The number of likely N-dealkylation sites (tertiary alicyclic amines) is 1. The van der Waals surface area contributed by atoms with Crippen molar-refractivity contribution in [3.63, 3.8) is 0 Å². The molecule has 5 nitrogen and oxygen atoms in total. The number of hydrogen-bond donors (Lipinski definition) is 0. The maximum absolute atomic E-state index is 15.1. The fraction of sp³-hybridized carbons (Fsp3) is 0.400. The largest absolute Gasteiger partial charge is 0.304 e. The minimum Gasteiger partial charge on any atom is -0.304 e. The first-order chi connectivity index (χ1) is 14.9. The van der Waals surface area contributed by atoms with Gasteiger partial charge in [-0.1, -0.05) is 19.1 Å². The topological polar surface area (TPSA) is 44.6 Å². The number of benzene rings is 1. The van der Waals surface area contributed by atoms with E-state index in [1.807, 2.05) is 45.3 Å². The fourth-order valence-corrected chi connectivity index (χ4v) is 4.14. The van der Waals surface area contributed by atoms with Gasteiger partial charge >= 0.3 is 0 Å². The highest BCUT2D eigenvalue weighted by molar-refractivity contribution is 6.11. The molecule has 1 saturated heterocycles. The first-order valence-corrected chi connectivity index (χ1v) is 10.9. The van der Waals surface area contributed by atoms with Gasteiger partial charge in [0.15, 0.2) is 5.82 Å². The molecule has 0 N–H and O–H groups in total. The van der Waals surface area contributed by atoms with Crippen LogP contribution in [0, 0.1) is 5.82 Å². The van der Waals surface area contributed by atoms with Crippen LogP contribution in [0.15, 0.2) is 59.1 Å². The Morgan fingerprint density at radius 2 is 2.00 bits per heavy atom. The number of halogens is 1. The van der Waals surface area contributed by atoms with Gasteiger partial charge in [0.2, 0.25) is 0 Å². The van der Waals surface area contributed by atoms with E-state index in [0.29, 0.717) is 28.2 Å². The van der Waals surface area contributed by atoms with Crippen molar-refractivity contribution >= 4 is 16.7 Å². The number of fused-ring (bicyclic) bond motifs is 1. The molecule has 1 aromatic carbocycles. The van der Waals surface area contributed by atoms with E-state index in [4.69, 9.17) is 0 Å². The van der Waals surface area contributed by atoms with Crippen molar-refractivity contribution in [1.29, 1.82) is 0 Å². The molecule has 2 aliphatic rings. The van der Waals surface area contributed by atoms with Crippen LogP contribution in [0.5, 0.6) is 0 Å². The molecular formula is C25H30FN5. The van der Waals surface area contributed by atoms with Crippen molar-refractivity contribution in [2.75, 3.05) is 19.6 Å². The van der Waals surface area contributed by atoms with Crippen LogP contribution in [0.3, 0.4) is 0 Å². The van der Waals surface area contributed by atoms with Gasteiger partial charge in [-0.15, -0.1) is 0 Å². The lowest BCUT2D eigenvalue weighted by molar-refractivity contribution is 0.221. The summed E-state index contributed by atoms with van der Waals surface area (Å²) in [5, 5.41) is 6.41. The molecule has 2 aliphatic heterocycles. The summed E-state index contributed by atoms with van der Waals surface area (Å²) in [4.78, 5) is 11.7. The number of rotatable bonds is 4. The summed E-state index contributed by atoms with van der Waals surface area (Å²) >= 11 is 0. The Morgan fingerprint density at radius 3 is 2.68 bits per heavy atom. The number of piperidine rings is 1. The SMILES string of the molecule is C=C1C(C)=CC(c2cc(F)c3nc(C4CCN(CC)CC4)cnc3c2)=NN1C=C(C)C. The van der Waals surface area contributed by atoms with E-state index in [1.165, 1.54) is 6.07 Å². The van der Waals surface area contributed by atoms with Gasteiger partial charge in [-0.05, 0) is 77.0 Å². The van der Waals surface area contributed by atoms with Crippen LogP contribution in [0.4, 0.5) is 4.39 Å². The van der Waals surface area contributed by atoms with Crippen LogP contribution in [0.2, 0.25) is 0 Å². The number of hydrogen-bond acceptors (Lipinski definition) is 5. The zero-order valence-corrected chi connectivity index (χ0v) is 18.8. The maximum Gasteiger partial charge on any atom is 0.151 e. The minimum atomic E-state index is -0.361. The van der Waals surface area contributed by atoms with Gasteiger partial charge in [0.1, 0.15) is 5.52 Å². The molecule has 0 radical (unpaired) electrons. The Balaban J connectivity index is 1.67. The quantitative estimate of drug-likeness (QED) is 0.668. The lowest BCUT2D eigenvalue weighted by Crippen LogP contribution is -2.32. The Bertz CT molecular complexity index is 1100. The summed E-state index contributed by atoms with van der Waals surface area (Å²) in [5.41, 5.74) is 6.05. The van der Waals surface area contributed by atoms with Crippen LogP contribution in [-0.2, 0) is 0 Å². The van der Waals surface area contributed by atoms with Crippen molar-refractivity contribution in [3.8, 4) is 0 Å². The summed E-state index contributed by atoms with van der Waals surface area (Å²) in [6.07, 6.45) is 7.75. The summed E-state index contributed by atoms with van der Waals surface area (Å²) in [5.74, 6) is -0.0181. The molecule has 0 saturated carbocycles. The van der Waals surface area contributed by atoms with E-state index < -0.39 is 0 Å². The van der Waals surface area contributed by atoms with E-state index >= 15 is 4.39 Å². The minimum absolute atomic E-state index is 0.335. The first-order valence-electron chi connectivity index (χ1n) is 10.9. The zero-order valence-electron chi connectivity index (χ0n) is 18.8. The van der Waals surface area contributed by atoms with Gasteiger partial charge in [0, 0.05) is 23.9 Å². The zero-order chi connectivity index (χ0) is 22.1. The predicted molar refractivity (Wildman–Crippen MR) is 124 cm³/mol. The molecule has 0 bridgehead atoms. The third-order valence-corrected chi connectivity index (χ3v) is 6.05. The molecule has 162 valence electrons. The summed E-state index contributed by atoms with van der Waals surface area (Å²) in [7, 11) is 0. The van der Waals surface area contributed by atoms with Crippen LogP contribution >= 0.6 is 0 Å². The van der Waals surface area contributed by atoms with E-state index in [1.54, 1.807) is 5.01 Å². The van der Waals surface area contributed by atoms with Crippen LogP contribution in [-0.4, -0.2) is 45.2 Å². The highest BCUT2D eigenvalue weighted by atomic mass is 19.1. The Hall–Kier alpha value is -2.86. The summed E-state index contributed by atoms with van der Waals surface area (Å²) in [6, 6.07) is 3.38. The van der Waals surface area contributed by atoms with Crippen molar-refractivity contribution in [1.82, 2.24) is 19.9 Å². The standard InChI is InChI=1S/C25H30FN5/c1-6-30-9-7-19(8-10-30)24-14-27-23-13-20(12-21(26)25(23)28-24)22-11-17(4)18(5)31(29-22)15-16(2)3/h11-15,19H,5-10H2,1-4H3. The smallest absolute Gasteiger partial charge is 0.151 e. The monoisotopic (exact) mass is 419 g/mol. The molecule has 0 amide bonds. The molecule has 6 heteroatoms. The molecular weight excluding hydrogens is 389 g/mol. The van der Waals surface area contributed by atoms with Gasteiger partial charge < -0.3 is 4.90 Å². The van der Waals surface area contributed by atoms with Gasteiger partial charge in [-0.2, -0.15) is 5.10 Å². The molecule has 0 atom stereocenters. The maximum atomic E-state index is 15.1. The van der Waals surface area contributed by atoms with Gasteiger partial charge in [0.25, 0.3) is 0 Å². The molecule has 2 aromatic rings. The molecule has 31 heavy (non-hydrogen) atoms. The average Bonchev–Trinajstić information content (AvgIpc) is 2.76. The fourth-order valence-electron chi connectivity index (χ4n) is 4.14. The Morgan fingerprint density at radius 1 is 1.26 bits per heavy atom. The van der Waals surface area contributed by atoms with Crippen LogP contribution < -0.4 is 0 Å². The van der Waals surface area contributed by atoms with Crippen molar-refractivity contribution < 1.29 is 4.39 Å². The van der Waals surface area contributed by atoms with Crippen molar-refractivity contribution in [2.45, 2.75) is 46.5 Å². The van der Waals surface area contributed by atoms with E-state index in [9.17, 15) is 0 Å². The lowest BCUT2D eigenvalue weighted by atomic mass is 9.93. The van der Waals surface area contributed by atoms with E-state index in [0.717, 1.165) is 55.0 Å². The second-order valence-electron chi connectivity index (χ2n) is 8.64. The molecule has 3 heterocycles. The highest BCUT2D eigenvalue weighted by Crippen LogP contribution is 2.29. The molecule has 1 fully saturated rings. The number of aromatic nitrogens is 2. The molecule has 0 spiro atoms. The number of nitrogens with zero attached hydrogens (tertiary/aromatic N) is 5. The summed E-state index contributed by atoms with van der Waals surface area (Å²) in [6.45, 7) is 15.5. The van der Waals surface area contributed by atoms with Gasteiger partial charge in [0.05, 0.1) is 22.6 Å². The Labute approximate surface area is 183 Å². The van der Waals surface area contributed by atoms with Gasteiger partial charge in [-0.25, -0.2) is 14.4 Å². The molecule has 0 unspecified atom stereocenters. The number of hydrazone groups is 1. The third-order valence-electron chi connectivity index (χ3n) is 6.05. The normalized spacial score (nSPS) is 18.2. The second kappa shape index (κ2) is 8.71. The highest BCUT2D eigenvalue weighted by Gasteiger charge is 2.22. The van der Waals surface area contributed by atoms with Crippen LogP contribution in [0.25, 0.3) is 11.0 Å². The van der Waals surface area contributed by atoms with Crippen LogP contribution in [0.1, 0.15) is 57.7 Å². The average molecular weight is 420 g/mol. The van der Waals surface area contributed by atoms with Crippen molar-refractivity contribution in [2.24, 2.45) is 5.10 Å². The molecule has 4 rings (SSSR count). The van der Waals surface area contributed by atoms with Crippen molar-refractivity contribution in [3.05, 3.63) is 71.1 Å². The second-order valence-corrected chi connectivity index (χ2v) is 8.64. The molecule has 0 aliphatic carbocycles. The Kier molecular flexibility index (Phi) is 6.01. The first kappa shape index (κ1) is 21.4.